The lowest BCUT2D eigenvalue weighted by molar-refractivity contribution is -0.142. The molecular formula is C13H15ClN2O3. The van der Waals surface area contributed by atoms with Gasteiger partial charge in [0, 0.05) is 23.7 Å². The summed E-state index contributed by atoms with van der Waals surface area (Å²) in [6, 6.07) is 5.09. The van der Waals surface area contributed by atoms with Crippen molar-refractivity contribution in [3.05, 3.63) is 34.3 Å². The van der Waals surface area contributed by atoms with Gasteiger partial charge in [0.15, 0.2) is 0 Å². The van der Waals surface area contributed by atoms with Crippen molar-refractivity contribution in [3.8, 4) is 0 Å². The fraction of sp³-hybridized carbons (Fsp3) is 0.385. The highest BCUT2D eigenvalue weighted by Gasteiger charge is 2.43. The Kier molecular flexibility index (Phi) is 3.52. The van der Waals surface area contributed by atoms with Gasteiger partial charge in [-0.1, -0.05) is 17.7 Å². The highest BCUT2D eigenvalue weighted by molar-refractivity contribution is 6.31. The predicted octanol–water partition coefficient (Wildman–Crippen LogP) is 1.28. The Morgan fingerprint density at radius 3 is 2.74 bits per heavy atom. The number of rotatable bonds is 2. The van der Waals surface area contributed by atoms with Gasteiger partial charge in [-0.05, 0) is 31.0 Å². The van der Waals surface area contributed by atoms with Crippen LogP contribution in [0.1, 0.15) is 22.3 Å². The second-order valence-electron chi connectivity index (χ2n) is 4.85. The van der Waals surface area contributed by atoms with Gasteiger partial charge >= 0.3 is 5.97 Å². The first-order chi connectivity index (χ1) is 8.85. The van der Waals surface area contributed by atoms with Crippen LogP contribution in [-0.4, -0.2) is 40.5 Å². The van der Waals surface area contributed by atoms with E-state index in [-0.39, 0.29) is 18.9 Å². The smallest absolute Gasteiger partial charge is 0.325 e. The summed E-state index contributed by atoms with van der Waals surface area (Å²) in [5.74, 6) is -1.31. The third kappa shape index (κ3) is 2.43. The van der Waals surface area contributed by atoms with Crippen LogP contribution in [0.2, 0.25) is 5.02 Å². The first-order valence-corrected chi connectivity index (χ1v) is 6.29. The van der Waals surface area contributed by atoms with Crippen LogP contribution in [-0.2, 0) is 4.79 Å². The highest BCUT2D eigenvalue weighted by atomic mass is 35.5. The van der Waals surface area contributed by atoms with Crippen LogP contribution in [0, 0.1) is 6.92 Å². The zero-order valence-corrected chi connectivity index (χ0v) is 11.3. The quantitative estimate of drug-likeness (QED) is 0.856. The zero-order valence-electron chi connectivity index (χ0n) is 10.5. The van der Waals surface area contributed by atoms with E-state index in [9.17, 15) is 9.59 Å². The van der Waals surface area contributed by atoms with Crippen molar-refractivity contribution < 1.29 is 14.7 Å². The molecule has 0 bridgehead atoms. The number of carbonyl (C=O) groups is 2. The summed E-state index contributed by atoms with van der Waals surface area (Å²) in [7, 11) is 0. The van der Waals surface area contributed by atoms with E-state index in [0.29, 0.717) is 22.7 Å². The van der Waals surface area contributed by atoms with Gasteiger partial charge in [0.05, 0.1) is 0 Å². The lowest BCUT2D eigenvalue weighted by Crippen LogP contribution is -2.50. The topological polar surface area (TPSA) is 83.6 Å². The second-order valence-corrected chi connectivity index (χ2v) is 5.26. The first kappa shape index (κ1) is 13.8. The van der Waals surface area contributed by atoms with Crippen LogP contribution in [0.5, 0.6) is 0 Å². The number of carboxylic acids is 1. The molecule has 0 spiro atoms. The number of amides is 1. The molecule has 1 aliphatic rings. The SMILES string of the molecule is Cc1c(Cl)cccc1C(=O)N1CCC(N)(C(=O)O)C1. The van der Waals surface area contributed by atoms with Crippen molar-refractivity contribution in [3.63, 3.8) is 0 Å². The molecule has 0 radical (unpaired) electrons. The molecule has 19 heavy (non-hydrogen) atoms. The Bertz CT molecular complexity index is 547. The van der Waals surface area contributed by atoms with Gasteiger partial charge in [0.2, 0.25) is 0 Å². The van der Waals surface area contributed by atoms with E-state index < -0.39 is 11.5 Å². The maximum atomic E-state index is 12.3. The Morgan fingerprint density at radius 2 is 2.16 bits per heavy atom. The summed E-state index contributed by atoms with van der Waals surface area (Å²) in [5, 5.41) is 9.57. The van der Waals surface area contributed by atoms with Crippen molar-refractivity contribution in [1.29, 1.82) is 0 Å². The largest absolute Gasteiger partial charge is 0.480 e. The summed E-state index contributed by atoms with van der Waals surface area (Å²) in [6.07, 6.45) is 0.258. The lowest BCUT2D eigenvalue weighted by atomic mass is 10.0. The summed E-state index contributed by atoms with van der Waals surface area (Å²) >= 11 is 5.98. The van der Waals surface area contributed by atoms with Crippen LogP contribution >= 0.6 is 11.6 Å². The molecule has 1 aliphatic heterocycles. The fourth-order valence-electron chi connectivity index (χ4n) is 2.19. The average molecular weight is 283 g/mol. The molecule has 1 amide bonds. The van der Waals surface area contributed by atoms with Crippen LogP contribution < -0.4 is 5.73 Å². The Balaban J connectivity index is 2.23. The van der Waals surface area contributed by atoms with Crippen LogP contribution in [0.3, 0.4) is 0 Å². The number of hydrogen-bond acceptors (Lipinski definition) is 3. The molecule has 6 heteroatoms. The molecular weight excluding hydrogens is 268 g/mol. The molecule has 1 aromatic carbocycles. The number of carbonyl (C=O) groups excluding carboxylic acids is 1. The molecule has 1 heterocycles. The second kappa shape index (κ2) is 4.83. The molecule has 0 saturated carbocycles. The number of likely N-dealkylation sites (tertiary alicyclic amines) is 1. The number of hydrogen-bond donors (Lipinski definition) is 2. The molecule has 0 aliphatic carbocycles. The van der Waals surface area contributed by atoms with E-state index in [2.05, 4.69) is 0 Å². The van der Waals surface area contributed by atoms with E-state index in [4.69, 9.17) is 22.4 Å². The molecule has 5 nitrogen and oxygen atoms in total. The maximum Gasteiger partial charge on any atom is 0.325 e. The molecule has 0 aromatic heterocycles. The van der Waals surface area contributed by atoms with Gasteiger partial charge in [-0.2, -0.15) is 0 Å². The lowest BCUT2D eigenvalue weighted by Gasteiger charge is -2.21. The van der Waals surface area contributed by atoms with Gasteiger partial charge in [0.25, 0.3) is 5.91 Å². The first-order valence-electron chi connectivity index (χ1n) is 5.92. The number of nitrogens with two attached hydrogens (primary N) is 1. The molecule has 3 N–H and O–H groups in total. The number of aliphatic carboxylic acids is 1. The normalized spacial score (nSPS) is 22.6. The third-order valence-electron chi connectivity index (χ3n) is 3.51. The Morgan fingerprint density at radius 1 is 1.47 bits per heavy atom. The van der Waals surface area contributed by atoms with Gasteiger partial charge in [-0.3, -0.25) is 9.59 Å². The summed E-state index contributed by atoms with van der Waals surface area (Å²) < 4.78 is 0. The van der Waals surface area contributed by atoms with E-state index in [1.54, 1.807) is 25.1 Å². The van der Waals surface area contributed by atoms with Crippen molar-refractivity contribution in [2.24, 2.45) is 5.73 Å². The van der Waals surface area contributed by atoms with Crippen LogP contribution in [0.25, 0.3) is 0 Å². The van der Waals surface area contributed by atoms with Gasteiger partial charge < -0.3 is 15.7 Å². The summed E-state index contributed by atoms with van der Waals surface area (Å²) in [6.45, 7) is 2.12. The third-order valence-corrected chi connectivity index (χ3v) is 3.92. The molecule has 1 aromatic rings. The molecule has 2 rings (SSSR count). The highest BCUT2D eigenvalue weighted by Crippen LogP contribution is 2.24. The fourth-order valence-corrected chi connectivity index (χ4v) is 2.37. The van der Waals surface area contributed by atoms with Gasteiger partial charge in [-0.25, -0.2) is 0 Å². The summed E-state index contributed by atoms with van der Waals surface area (Å²) in [4.78, 5) is 24.9. The Labute approximate surface area is 116 Å². The van der Waals surface area contributed by atoms with Crippen molar-refractivity contribution >= 4 is 23.5 Å². The molecule has 1 atom stereocenters. The standard InChI is InChI=1S/C13H15ClN2O3/c1-8-9(3-2-4-10(8)14)11(17)16-6-5-13(15,7-16)12(18)19/h2-4H,5-7,15H2,1H3,(H,18,19). The van der Waals surface area contributed by atoms with Gasteiger partial charge in [-0.15, -0.1) is 0 Å². The maximum absolute atomic E-state index is 12.3. The Hall–Kier alpha value is -1.59. The zero-order chi connectivity index (χ0) is 14.2. The van der Waals surface area contributed by atoms with E-state index in [1.807, 2.05) is 0 Å². The van der Waals surface area contributed by atoms with Gasteiger partial charge in [0.1, 0.15) is 5.54 Å². The summed E-state index contributed by atoms with van der Waals surface area (Å²) in [5.41, 5.74) is 5.59. The van der Waals surface area contributed by atoms with Crippen molar-refractivity contribution in [1.82, 2.24) is 4.90 Å². The minimum absolute atomic E-state index is 0.0210. The molecule has 1 saturated heterocycles. The monoisotopic (exact) mass is 282 g/mol. The number of halogens is 1. The van der Waals surface area contributed by atoms with E-state index >= 15 is 0 Å². The number of nitrogens with zero attached hydrogens (tertiary/aromatic N) is 1. The van der Waals surface area contributed by atoms with Crippen molar-refractivity contribution in [2.75, 3.05) is 13.1 Å². The number of carboxylic acid groups (broad SMARTS) is 1. The molecule has 102 valence electrons. The van der Waals surface area contributed by atoms with Crippen LogP contribution in [0.4, 0.5) is 0 Å². The molecule has 1 fully saturated rings. The minimum Gasteiger partial charge on any atom is -0.480 e. The van der Waals surface area contributed by atoms with E-state index in [0.717, 1.165) is 0 Å². The van der Waals surface area contributed by atoms with Crippen LogP contribution in [0.15, 0.2) is 18.2 Å². The molecule has 1 unspecified atom stereocenters. The average Bonchev–Trinajstić information content (AvgIpc) is 2.76. The number of benzene rings is 1. The minimum atomic E-state index is -1.35. The predicted molar refractivity (Wildman–Crippen MR) is 71.3 cm³/mol. The van der Waals surface area contributed by atoms with Crippen molar-refractivity contribution in [2.45, 2.75) is 18.9 Å². The van der Waals surface area contributed by atoms with E-state index in [1.165, 1.54) is 4.90 Å².